The van der Waals surface area contributed by atoms with Gasteiger partial charge < -0.3 is 20.1 Å². The predicted molar refractivity (Wildman–Crippen MR) is 133 cm³/mol. The molecule has 4 aromatic rings. The molecular weight excluding hydrogens is 447 g/mol. The fraction of sp³-hybridized carbons (Fsp3) is 0.333. The second-order valence-electron chi connectivity index (χ2n) is 9.16. The van der Waals surface area contributed by atoms with E-state index >= 15 is 0 Å². The van der Waals surface area contributed by atoms with Crippen molar-refractivity contribution in [3.8, 4) is 5.75 Å². The van der Waals surface area contributed by atoms with Crippen LogP contribution in [0, 0.1) is 5.82 Å². The molecule has 1 aliphatic rings. The van der Waals surface area contributed by atoms with Crippen molar-refractivity contribution in [3.63, 3.8) is 0 Å². The molecule has 2 aromatic heterocycles. The van der Waals surface area contributed by atoms with Gasteiger partial charge >= 0.3 is 0 Å². The molecule has 1 aliphatic heterocycles. The quantitative estimate of drug-likeness (QED) is 0.381. The molecule has 7 nitrogen and oxygen atoms in total. The van der Waals surface area contributed by atoms with E-state index in [2.05, 4.69) is 27.3 Å². The number of aliphatic hydroxyl groups excluding tert-OH is 1. The summed E-state index contributed by atoms with van der Waals surface area (Å²) >= 11 is 0. The van der Waals surface area contributed by atoms with E-state index in [-0.39, 0.29) is 24.7 Å². The van der Waals surface area contributed by atoms with Gasteiger partial charge in [-0.1, -0.05) is 24.3 Å². The van der Waals surface area contributed by atoms with Crippen LogP contribution >= 0.6 is 0 Å². The number of aromatic amines is 1. The number of aliphatic hydroxyl groups is 1. The topological polar surface area (TPSA) is 90.5 Å². The summed E-state index contributed by atoms with van der Waals surface area (Å²) in [7, 11) is 1.45. The van der Waals surface area contributed by atoms with Crippen LogP contribution < -0.4 is 10.1 Å². The van der Waals surface area contributed by atoms with E-state index in [9.17, 15) is 14.3 Å². The summed E-state index contributed by atoms with van der Waals surface area (Å²) in [6.07, 6.45) is 0.664. The van der Waals surface area contributed by atoms with Gasteiger partial charge in [0.05, 0.1) is 36.7 Å². The van der Waals surface area contributed by atoms with Gasteiger partial charge in [0.2, 0.25) is 5.91 Å². The first-order chi connectivity index (χ1) is 16.9. The summed E-state index contributed by atoms with van der Waals surface area (Å²) in [5.74, 6) is -0.297. The lowest BCUT2D eigenvalue weighted by Gasteiger charge is -2.28. The van der Waals surface area contributed by atoms with Crippen molar-refractivity contribution in [1.82, 2.24) is 20.2 Å². The number of ether oxygens (including phenoxy) is 1. The number of carbonyl (C=O) groups excluding carboxylic acids is 1. The zero-order valence-corrected chi connectivity index (χ0v) is 19.9. The van der Waals surface area contributed by atoms with Crippen molar-refractivity contribution in [1.29, 1.82) is 0 Å². The van der Waals surface area contributed by atoms with Gasteiger partial charge in [-0.25, -0.2) is 4.39 Å². The van der Waals surface area contributed by atoms with Crippen LogP contribution in [0.2, 0.25) is 0 Å². The third-order valence-electron chi connectivity index (χ3n) is 6.52. The second-order valence-corrected chi connectivity index (χ2v) is 9.16. The normalized spacial score (nSPS) is 14.7. The Morgan fingerprint density at radius 2 is 2.14 bits per heavy atom. The van der Waals surface area contributed by atoms with E-state index < -0.39 is 11.9 Å². The Kier molecular flexibility index (Phi) is 6.40. The van der Waals surface area contributed by atoms with Gasteiger partial charge in [-0.3, -0.25) is 14.7 Å². The minimum Gasteiger partial charge on any atom is -0.494 e. The Hall–Kier alpha value is -3.49. The van der Waals surface area contributed by atoms with Gasteiger partial charge in [0.15, 0.2) is 11.6 Å². The number of benzene rings is 2. The SMILES string of the molecule is COc1ccc(Cc2nc3c(c4c2[nH]c2ccccc24)CCN(CC(=O)NCC(C)O)C3)cc1F. The van der Waals surface area contributed by atoms with Crippen molar-refractivity contribution >= 4 is 27.7 Å². The molecular formula is C27H29FN4O3. The lowest BCUT2D eigenvalue weighted by atomic mass is 9.96. The molecule has 1 unspecified atom stereocenters. The van der Waals surface area contributed by atoms with Crippen LogP contribution in [-0.2, 0) is 24.2 Å². The summed E-state index contributed by atoms with van der Waals surface area (Å²) in [4.78, 5) is 23.0. The molecule has 0 saturated carbocycles. The van der Waals surface area contributed by atoms with Crippen molar-refractivity contribution in [2.45, 2.75) is 32.4 Å². The van der Waals surface area contributed by atoms with Crippen LogP contribution in [0.1, 0.15) is 29.4 Å². The summed E-state index contributed by atoms with van der Waals surface area (Å²) < 4.78 is 19.4. The molecule has 2 aromatic carbocycles. The Bertz CT molecular complexity index is 1400. The maximum Gasteiger partial charge on any atom is 0.234 e. The third-order valence-corrected chi connectivity index (χ3v) is 6.52. The largest absolute Gasteiger partial charge is 0.494 e. The predicted octanol–water partition coefficient (Wildman–Crippen LogP) is 3.31. The molecule has 5 rings (SSSR count). The van der Waals surface area contributed by atoms with Gasteiger partial charge in [-0.2, -0.15) is 0 Å². The van der Waals surface area contributed by atoms with E-state index in [1.807, 2.05) is 18.2 Å². The number of amides is 1. The number of rotatable bonds is 7. The fourth-order valence-corrected chi connectivity index (χ4v) is 4.86. The van der Waals surface area contributed by atoms with Crippen LogP contribution in [0.4, 0.5) is 4.39 Å². The molecule has 0 aliphatic carbocycles. The highest BCUT2D eigenvalue weighted by Crippen LogP contribution is 2.35. The minimum atomic E-state index is -0.580. The smallest absolute Gasteiger partial charge is 0.234 e. The molecule has 1 atom stereocenters. The maximum absolute atomic E-state index is 14.4. The number of H-pyrrole nitrogens is 1. The number of hydrogen-bond acceptors (Lipinski definition) is 5. The number of para-hydroxylation sites is 1. The van der Waals surface area contributed by atoms with Crippen molar-refractivity contribution in [3.05, 3.63) is 70.8 Å². The number of fused-ring (bicyclic) bond motifs is 5. The average Bonchev–Trinajstić information content (AvgIpc) is 3.23. The van der Waals surface area contributed by atoms with Crippen molar-refractivity contribution < 1.29 is 19.0 Å². The van der Waals surface area contributed by atoms with Gasteiger partial charge in [-0.05, 0) is 42.7 Å². The number of carbonyl (C=O) groups is 1. The van der Waals surface area contributed by atoms with Crippen LogP contribution in [0.15, 0.2) is 42.5 Å². The van der Waals surface area contributed by atoms with Crippen LogP contribution in [0.3, 0.4) is 0 Å². The van der Waals surface area contributed by atoms with E-state index in [0.717, 1.165) is 51.7 Å². The summed E-state index contributed by atoms with van der Waals surface area (Å²) in [6, 6.07) is 13.2. The highest BCUT2D eigenvalue weighted by atomic mass is 19.1. The van der Waals surface area contributed by atoms with Gasteiger partial charge in [0.25, 0.3) is 0 Å². The number of hydrogen-bond donors (Lipinski definition) is 3. The Morgan fingerprint density at radius 1 is 1.31 bits per heavy atom. The fourth-order valence-electron chi connectivity index (χ4n) is 4.86. The van der Waals surface area contributed by atoms with E-state index in [1.165, 1.54) is 18.7 Å². The number of nitrogens with zero attached hydrogens (tertiary/aromatic N) is 2. The molecule has 182 valence electrons. The highest BCUT2D eigenvalue weighted by molar-refractivity contribution is 6.10. The first kappa shape index (κ1) is 23.3. The number of methoxy groups -OCH3 is 1. The first-order valence-electron chi connectivity index (χ1n) is 11.8. The van der Waals surface area contributed by atoms with Crippen LogP contribution in [0.5, 0.6) is 5.75 Å². The number of nitrogens with one attached hydrogen (secondary N) is 2. The summed E-state index contributed by atoms with van der Waals surface area (Å²) in [6.45, 7) is 3.42. The standard InChI is InChI=1S/C27H29FN4O3/c1-16(33)13-29-25(34)15-32-10-9-19-23(14-32)30-22(12-17-7-8-24(35-2)20(28)11-17)27-26(19)18-5-3-4-6-21(18)31-27/h3-8,11,16,31,33H,9-10,12-15H2,1-2H3,(H,29,34). The van der Waals surface area contributed by atoms with Gasteiger partial charge in [0.1, 0.15) is 0 Å². The van der Waals surface area contributed by atoms with Crippen LogP contribution in [-0.4, -0.2) is 58.7 Å². The molecule has 0 saturated heterocycles. The van der Waals surface area contributed by atoms with Crippen molar-refractivity contribution in [2.24, 2.45) is 0 Å². The number of pyridine rings is 1. The molecule has 0 fully saturated rings. The molecule has 0 bridgehead atoms. The van der Waals surface area contributed by atoms with E-state index in [0.29, 0.717) is 13.0 Å². The molecule has 0 radical (unpaired) electrons. The lowest BCUT2D eigenvalue weighted by Crippen LogP contribution is -2.42. The molecule has 0 spiro atoms. The molecule has 3 heterocycles. The van der Waals surface area contributed by atoms with E-state index in [1.54, 1.807) is 13.0 Å². The van der Waals surface area contributed by atoms with E-state index in [4.69, 9.17) is 9.72 Å². The second kappa shape index (κ2) is 9.64. The Labute approximate surface area is 202 Å². The molecule has 3 N–H and O–H groups in total. The summed E-state index contributed by atoms with van der Waals surface area (Å²) in [5.41, 5.74) is 5.81. The molecule has 8 heteroatoms. The third kappa shape index (κ3) is 4.72. The zero-order chi connectivity index (χ0) is 24.5. The Morgan fingerprint density at radius 3 is 2.91 bits per heavy atom. The highest BCUT2D eigenvalue weighted by Gasteiger charge is 2.25. The molecule has 1 amide bonds. The summed E-state index contributed by atoms with van der Waals surface area (Å²) in [5, 5.41) is 14.5. The van der Waals surface area contributed by atoms with Crippen molar-refractivity contribution in [2.75, 3.05) is 26.7 Å². The maximum atomic E-state index is 14.4. The van der Waals surface area contributed by atoms with Gasteiger partial charge in [0, 0.05) is 42.3 Å². The van der Waals surface area contributed by atoms with Gasteiger partial charge in [-0.15, -0.1) is 0 Å². The monoisotopic (exact) mass is 476 g/mol. The molecule has 35 heavy (non-hydrogen) atoms. The first-order valence-corrected chi connectivity index (χ1v) is 11.8. The zero-order valence-electron chi connectivity index (χ0n) is 19.9. The number of halogens is 1. The van der Waals surface area contributed by atoms with Crippen LogP contribution in [0.25, 0.3) is 21.8 Å². The minimum absolute atomic E-state index is 0.114. The Balaban J connectivity index is 1.52. The number of aromatic nitrogens is 2. The lowest BCUT2D eigenvalue weighted by molar-refractivity contribution is -0.122. The average molecular weight is 477 g/mol.